The van der Waals surface area contributed by atoms with Crippen LogP contribution in [-0.2, 0) is 0 Å². The highest BCUT2D eigenvalue weighted by molar-refractivity contribution is 7.99. The fourth-order valence-corrected chi connectivity index (χ4v) is 3.63. The van der Waals surface area contributed by atoms with E-state index < -0.39 is 0 Å². The molecule has 3 heterocycles. The quantitative estimate of drug-likeness (QED) is 0.723. The molecule has 6 heteroatoms. The van der Waals surface area contributed by atoms with E-state index in [9.17, 15) is 0 Å². The van der Waals surface area contributed by atoms with Gasteiger partial charge in [0.2, 0.25) is 5.95 Å². The van der Waals surface area contributed by atoms with Gasteiger partial charge in [-0.1, -0.05) is 18.2 Å². The number of nitrogens with zero attached hydrogens (tertiary/aromatic N) is 5. The van der Waals surface area contributed by atoms with E-state index in [0.717, 1.165) is 52.7 Å². The molecule has 0 N–H and O–H groups in total. The zero-order valence-corrected chi connectivity index (χ0v) is 13.8. The smallest absolute Gasteiger partial charge is 0.225 e. The molecule has 1 fully saturated rings. The Labute approximate surface area is 139 Å². The number of aromatic nitrogens is 4. The third kappa shape index (κ3) is 2.86. The lowest BCUT2D eigenvalue weighted by atomic mass is 10.2. The van der Waals surface area contributed by atoms with Crippen molar-refractivity contribution in [3.8, 4) is 11.4 Å². The van der Waals surface area contributed by atoms with Gasteiger partial charge in [-0.3, -0.25) is 0 Å². The van der Waals surface area contributed by atoms with E-state index in [-0.39, 0.29) is 0 Å². The molecule has 0 aliphatic carbocycles. The van der Waals surface area contributed by atoms with Crippen molar-refractivity contribution in [1.82, 2.24) is 19.9 Å². The lowest BCUT2D eigenvalue weighted by Gasteiger charge is -2.26. The number of thioether (sulfide) groups is 1. The average molecular weight is 323 g/mol. The molecule has 1 aliphatic heterocycles. The SMILES string of the molecule is Cc1nc(-c2cnc(N3CCSCC3)nc2)nc2ccccc12. The number of aryl methyl sites for hydroxylation is 1. The topological polar surface area (TPSA) is 54.8 Å². The maximum absolute atomic E-state index is 4.64. The second-order valence-corrected chi connectivity index (χ2v) is 6.75. The number of para-hydroxylation sites is 1. The molecule has 1 saturated heterocycles. The molecule has 3 aromatic rings. The predicted molar refractivity (Wildman–Crippen MR) is 94.8 cm³/mol. The molecule has 0 saturated carbocycles. The van der Waals surface area contributed by atoms with E-state index in [1.165, 1.54) is 0 Å². The van der Waals surface area contributed by atoms with Gasteiger partial charge in [-0.15, -0.1) is 0 Å². The van der Waals surface area contributed by atoms with Crippen molar-refractivity contribution in [2.24, 2.45) is 0 Å². The van der Waals surface area contributed by atoms with Crippen molar-refractivity contribution in [2.75, 3.05) is 29.5 Å². The van der Waals surface area contributed by atoms with Gasteiger partial charge >= 0.3 is 0 Å². The van der Waals surface area contributed by atoms with Crippen LogP contribution in [0.2, 0.25) is 0 Å². The average Bonchev–Trinajstić information content (AvgIpc) is 2.63. The van der Waals surface area contributed by atoms with Crippen molar-refractivity contribution >= 4 is 28.6 Å². The van der Waals surface area contributed by atoms with Gasteiger partial charge < -0.3 is 4.90 Å². The first-order valence-corrected chi connectivity index (χ1v) is 8.85. The summed E-state index contributed by atoms with van der Waals surface area (Å²) < 4.78 is 0. The zero-order chi connectivity index (χ0) is 15.6. The normalized spacial score (nSPS) is 15.1. The Morgan fingerprint density at radius 1 is 1.00 bits per heavy atom. The number of hydrogen-bond acceptors (Lipinski definition) is 6. The van der Waals surface area contributed by atoms with E-state index in [0.29, 0.717) is 5.82 Å². The largest absolute Gasteiger partial charge is 0.339 e. The Morgan fingerprint density at radius 2 is 1.74 bits per heavy atom. The summed E-state index contributed by atoms with van der Waals surface area (Å²) in [4.78, 5) is 20.5. The third-order valence-corrected chi connectivity index (χ3v) is 4.93. The van der Waals surface area contributed by atoms with Crippen LogP contribution in [0.1, 0.15) is 5.69 Å². The Hall–Kier alpha value is -2.21. The predicted octanol–water partition coefficient (Wildman–Crippen LogP) is 2.95. The molecule has 2 aromatic heterocycles. The highest BCUT2D eigenvalue weighted by atomic mass is 32.2. The molecule has 0 atom stereocenters. The van der Waals surface area contributed by atoms with Gasteiger partial charge in [0.15, 0.2) is 5.82 Å². The number of fused-ring (bicyclic) bond motifs is 1. The third-order valence-electron chi connectivity index (χ3n) is 3.98. The molecule has 0 amide bonds. The maximum Gasteiger partial charge on any atom is 0.225 e. The zero-order valence-electron chi connectivity index (χ0n) is 12.9. The molecule has 5 nitrogen and oxygen atoms in total. The molecular weight excluding hydrogens is 306 g/mol. The van der Waals surface area contributed by atoms with E-state index in [1.54, 1.807) is 0 Å². The van der Waals surface area contributed by atoms with Gasteiger partial charge in [-0.2, -0.15) is 11.8 Å². The molecule has 0 spiro atoms. The highest BCUT2D eigenvalue weighted by Gasteiger charge is 2.14. The van der Waals surface area contributed by atoms with Gasteiger partial charge in [0, 0.05) is 48.1 Å². The molecular formula is C17H17N5S. The van der Waals surface area contributed by atoms with E-state index in [2.05, 4.69) is 24.8 Å². The second-order valence-electron chi connectivity index (χ2n) is 5.52. The van der Waals surface area contributed by atoms with Crippen molar-refractivity contribution in [1.29, 1.82) is 0 Å². The Kier molecular flexibility index (Phi) is 3.83. The van der Waals surface area contributed by atoms with Crippen LogP contribution < -0.4 is 4.90 Å². The van der Waals surface area contributed by atoms with E-state index in [4.69, 9.17) is 0 Å². The molecule has 4 rings (SSSR count). The summed E-state index contributed by atoms with van der Waals surface area (Å²) in [5.41, 5.74) is 2.78. The van der Waals surface area contributed by atoms with Gasteiger partial charge in [-0.25, -0.2) is 19.9 Å². The fourth-order valence-electron chi connectivity index (χ4n) is 2.73. The second kappa shape index (κ2) is 6.12. The molecule has 23 heavy (non-hydrogen) atoms. The highest BCUT2D eigenvalue weighted by Crippen LogP contribution is 2.21. The van der Waals surface area contributed by atoms with Crippen LogP contribution >= 0.6 is 11.8 Å². The summed E-state index contributed by atoms with van der Waals surface area (Å²) in [6, 6.07) is 8.05. The fraction of sp³-hybridized carbons (Fsp3) is 0.294. The van der Waals surface area contributed by atoms with Gasteiger partial charge in [0.1, 0.15) is 0 Å². The first-order valence-electron chi connectivity index (χ1n) is 7.70. The Morgan fingerprint density at radius 3 is 2.52 bits per heavy atom. The number of anilines is 1. The van der Waals surface area contributed by atoms with Crippen LogP contribution in [0.25, 0.3) is 22.3 Å². The standard InChI is InChI=1S/C17H17N5S/c1-12-14-4-2-3-5-15(14)21-16(20-12)13-10-18-17(19-11-13)22-6-8-23-9-7-22/h2-5,10-11H,6-9H2,1H3. The van der Waals surface area contributed by atoms with Crippen LogP contribution in [0.5, 0.6) is 0 Å². The van der Waals surface area contributed by atoms with E-state index >= 15 is 0 Å². The Bertz CT molecular complexity index is 828. The van der Waals surface area contributed by atoms with Crippen LogP contribution in [0.15, 0.2) is 36.7 Å². The lowest BCUT2D eigenvalue weighted by molar-refractivity contribution is 0.815. The molecule has 0 bridgehead atoms. The molecule has 0 radical (unpaired) electrons. The minimum atomic E-state index is 0.682. The summed E-state index contributed by atoms with van der Waals surface area (Å²) in [5, 5.41) is 1.08. The number of rotatable bonds is 2. The van der Waals surface area contributed by atoms with Gasteiger partial charge in [0.25, 0.3) is 0 Å². The minimum Gasteiger partial charge on any atom is -0.339 e. The van der Waals surface area contributed by atoms with E-state index in [1.807, 2.05) is 55.3 Å². The van der Waals surface area contributed by atoms with Crippen molar-refractivity contribution in [2.45, 2.75) is 6.92 Å². The first kappa shape index (κ1) is 14.4. The van der Waals surface area contributed by atoms with Crippen molar-refractivity contribution in [3.63, 3.8) is 0 Å². The number of hydrogen-bond donors (Lipinski definition) is 0. The Balaban J connectivity index is 1.67. The number of benzene rings is 1. The molecule has 116 valence electrons. The van der Waals surface area contributed by atoms with Gasteiger partial charge in [0.05, 0.1) is 11.1 Å². The van der Waals surface area contributed by atoms with Crippen LogP contribution in [-0.4, -0.2) is 44.5 Å². The summed E-state index contributed by atoms with van der Waals surface area (Å²) in [6.07, 6.45) is 3.65. The summed E-state index contributed by atoms with van der Waals surface area (Å²) in [7, 11) is 0. The molecule has 0 unspecified atom stereocenters. The maximum atomic E-state index is 4.64. The van der Waals surface area contributed by atoms with Gasteiger partial charge in [-0.05, 0) is 13.0 Å². The molecule has 1 aromatic carbocycles. The molecule has 1 aliphatic rings. The van der Waals surface area contributed by atoms with Crippen LogP contribution in [0, 0.1) is 6.92 Å². The summed E-state index contributed by atoms with van der Waals surface area (Å²) >= 11 is 1.98. The first-order chi connectivity index (χ1) is 11.3. The van der Waals surface area contributed by atoms with Crippen molar-refractivity contribution in [3.05, 3.63) is 42.4 Å². The minimum absolute atomic E-state index is 0.682. The summed E-state index contributed by atoms with van der Waals surface area (Å²) in [6.45, 7) is 4.03. The summed E-state index contributed by atoms with van der Waals surface area (Å²) in [5.74, 6) is 3.75. The van der Waals surface area contributed by atoms with Crippen LogP contribution in [0.3, 0.4) is 0 Å². The monoisotopic (exact) mass is 323 g/mol. The van der Waals surface area contributed by atoms with Crippen LogP contribution in [0.4, 0.5) is 5.95 Å². The van der Waals surface area contributed by atoms with Crippen molar-refractivity contribution < 1.29 is 0 Å². The lowest BCUT2D eigenvalue weighted by Crippen LogP contribution is -2.33.